The average molecular weight is 185 g/mol. The summed E-state index contributed by atoms with van der Waals surface area (Å²) >= 11 is 0. The molecule has 0 unspecified atom stereocenters. The molecule has 1 nitrogen and oxygen atoms in total. The van der Waals surface area contributed by atoms with Crippen LogP contribution in [0.15, 0.2) is 0 Å². The zero-order valence-electron chi connectivity index (χ0n) is 10.3. The first-order valence-electron chi connectivity index (χ1n) is 5.67. The van der Waals surface area contributed by atoms with Crippen LogP contribution >= 0.6 is 0 Å². The molecular formula is C12H27N. The van der Waals surface area contributed by atoms with Gasteiger partial charge in [-0.25, -0.2) is 0 Å². The van der Waals surface area contributed by atoms with Crippen LogP contribution in [0.3, 0.4) is 0 Å². The molecule has 0 saturated heterocycles. The molecule has 13 heavy (non-hydrogen) atoms. The van der Waals surface area contributed by atoms with Crippen LogP contribution in [0.1, 0.15) is 54.4 Å². The Bertz CT molecular complexity index is 123. The zero-order chi connectivity index (χ0) is 10.5. The minimum absolute atomic E-state index is 0.438. The molecule has 0 heterocycles. The number of nitrogens with one attached hydrogen (secondary N) is 1. The van der Waals surface area contributed by atoms with E-state index in [9.17, 15) is 0 Å². The molecule has 0 aliphatic heterocycles. The van der Waals surface area contributed by atoms with Crippen molar-refractivity contribution < 1.29 is 0 Å². The standard InChI is InChI=1S/C12H27N/c1-7-11(8-2)12(5,6)9-13-10(3)4/h10-11,13H,7-9H2,1-6H3. The van der Waals surface area contributed by atoms with E-state index in [2.05, 4.69) is 46.9 Å². The van der Waals surface area contributed by atoms with Gasteiger partial charge in [0.1, 0.15) is 0 Å². The average Bonchev–Trinajstić information content (AvgIpc) is 2.03. The Kier molecular flexibility index (Phi) is 5.62. The molecule has 0 atom stereocenters. The van der Waals surface area contributed by atoms with Crippen LogP contribution in [-0.2, 0) is 0 Å². The van der Waals surface area contributed by atoms with E-state index in [-0.39, 0.29) is 0 Å². The van der Waals surface area contributed by atoms with Crippen LogP contribution < -0.4 is 5.32 Å². The van der Waals surface area contributed by atoms with Gasteiger partial charge in [0.05, 0.1) is 0 Å². The molecule has 80 valence electrons. The van der Waals surface area contributed by atoms with Crippen molar-refractivity contribution in [3.63, 3.8) is 0 Å². The van der Waals surface area contributed by atoms with Gasteiger partial charge in [-0.2, -0.15) is 0 Å². The molecule has 0 amide bonds. The fourth-order valence-electron chi connectivity index (χ4n) is 2.01. The first kappa shape index (κ1) is 13.0. The van der Waals surface area contributed by atoms with Crippen molar-refractivity contribution in [3.05, 3.63) is 0 Å². The van der Waals surface area contributed by atoms with E-state index in [0.29, 0.717) is 11.5 Å². The van der Waals surface area contributed by atoms with E-state index in [1.807, 2.05) is 0 Å². The Morgan fingerprint density at radius 1 is 1.08 bits per heavy atom. The van der Waals surface area contributed by atoms with Crippen LogP contribution in [0.2, 0.25) is 0 Å². The summed E-state index contributed by atoms with van der Waals surface area (Å²) in [6, 6.07) is 0.605. The third-order valence-corrected chi connectivity index (χ3v) is 3.06. The summed E-state index contributed by atoms with van der Waals surface area (Å²) in [7, 11) is 0. The first-order chi connectivity index (χ1) is 5.94. The summed E-state index contributed by atoms with van der Waals surface area (Å²) in [6.45, 7) is 14.9. The Labute approximate surface area is 84.3 Å². The molecule has 1 N–H and O–H groups in total. The molecule has 0 aromatic carbocycles. The lowest BCUT2D eigenvalue weighted by Gasteiger charge is -2.34. The molecule has 0 fully saturated rings. The van der Waals surface area contributed by atoms with Crippen molar-refractivity contribution in [1.82, 2.24) is 5.32 Å². The van der Waals surface area contributed by atoms with E-state index in [1.165, 1.54) is 12.8 Å². The second-order valence-electron chi connectivity index (χ2n) is 5.04. The predicted octanol–water partition coefficient (Wildman–Crippen LogP) is 3.45. The molecule has 0 saturated carbocycles. The fraction of sp³-hybridized carbons (Fsp3) is 1.00. The third kappa shape index (κ3) is 4.66. The highest BCUT2D eigenvalue weighted by molar-refractivity contribution is 4.79. The van der Waals surface area contributed by atoms with Crippen LogP contribution in [0.4, 0.5) is 0 Å². The van der Waals surface area contributed by atoms with Gasteiger partial charge >= 0.3 is 0 Å². The third-order valence-electron chi connectivity index (χ3n) is 3.06. The lowest BCUT2D eigenvalue weighted by molar-refractivity contribution is 0.187. The van der Waals surface area contributed by atoms with Crippen LogP contribution in [0, 0.1) is 11.3 Å². The highest BCUT2D eigenvalue weighted by Crippen LogP contribution is 2.31. The summed E-state index contributed by atoms with van der Waals surface area (Å²) in [6.07, 6.45) is 2.59. The van der Waals surface area contributed by atoms with Crippen molar-refractivity contribution in [2.75, 3.05) is 6.54 Å². The summed E-state index contributed by atoms with van der Waals surface area (Å²) in [4.78, 5) is 0. The van der Waals surface area contributed by atoms with E-state index in [4.69, 9.17) is 0 Å². The van der Waals surface area contributed by atoms with E-state index in [1.54, 1.807) is 0 Å². The number of hydrogen-bond acceptors (Lipinski definition) is 1. The van der Waals surface area contributed by atoms with Gasteiger partial charge in [0, 0.05) is 12.6 Å². The highest BCUT2D eigenvalue weighted by atomic mass is 14.9. The van der Waals surface area contributed by atoms with Crippen molar-refractivity contribution in [2.45, 2.75) is 60.4 Å². The SMILES string of the molecule is CCC(CC)C(C)(C)CNC(C)C. The monoisotopic (exact) mass is 185 g/mol. The largest absolute Gasteiger partial charge is 0.314 e. The van der Waals surface area contributed by atoms with Gasteiger partial charge in [0.15, 0.2) is 0 Å². The lowest BCUT2D eigenvalue weighted by Crippen LogP contribution is -2.38. The summed E-state index contributed by atoms with van der Waals surface area (Å²) in [5.74, 6) is 0.846. The molecule has 0 spiro atoms. The normalized spacial score (nSPS) is 12.9. The molecule has 0 rings (SSSR count). The van der Waals surface area contributed by atoms with Gasteiger partial charge in [-0.3, -0.25) is 0 Å². The number of rotatable bonds is 6. The van der Waals surface area contributed by atoms with Crippen molar-refractivity contribution >= 4 is 0 Å². The van der Waals surface area contributed by atoms with Gasteiger partial charge in [0.25, 0.3) is 0 Å². The van der Waals surface area contributed by atoms with Crippen LogP contribution in [-0.4, -0.2) is 12.6 Å². The Morgan fingerprint density at radius 2 is 1.54 bits per heavy atom. The Hall–Kier alpha value is -0.0400. The van der Waals surface area contributed by atoms with E-state index < -0.39 is 0 Å². The van der Waals surface area contributed by atoms with Crippen LogP contribution in [0.5, 0.6) is 0 Å². The molecule has 0 aromatic heterocycles. The van der Waals surface area contributed by atoms with Crippen LogP contribution in [0.25, 0.3) is 0 Å². The maximum absolute atomic E-state index is 3.53. The minimum Gasteiger partial charge on any atom is -0.314 e. The maximum Gasteiger partial charge on any atom is 0.00106 e. The van der Waals surface area contributed by atoms with Gasteiger partial charge in [0.2, 0.25) is 0 Å². The van der Waals surface area contributed by atoms with Crippen molar-refractivity contribution in [3.8, 4) is 0 Å². The van der Waals surface area contributed by atoms with Gasteiger partial charge < -0.3 is 5.32 Å². The van der Waals surface area contributed by atoms with Gasteiger partial charge in [-0.05, 0) is 11.3 Å². The van der Waals surface area contributed by atoms with Gasteiger partial charge in [-0.15, -0.1) is 0 Å². The number of hydrogen-bond donors (Lipinski definition) is 1. The molecule has 0 aromatic rings. The molecule has 0 aliphatic carbocycles. The zero-order valence-corrected chi connectivity index (χ0v) is 10.3. The van der Waals surface area contributed by atoms with E-state index >= 15 is 0 Å². The second-order valence-corrected chi connectivity index (χ2v) is 5.04. The molecule has 1 heteroatoms. The van der Waals surface area contributed by atoms with E-state index in [0.717, 1.165) is 12.5 Å². The highest BCUT2D eigenvalue weighted by Gasteiger charge is 2.26. The summed E-state index contributed by atoms with van der Waals surface area (Å²) in [5, 5.41) is 3.53. The predicted molar refractivity (Wildman–Crippen MR) is 61.0 cm³/mol. The van der Waals surface area contributed by atoms with Crippen molar-refractivity contribution in [2.24, 2.45) is 11.3 Å². The lowest BCUT2D eigenvalue weighted by atomic mass is 9.75. The topological polar surface area (TPSA) is 12.0 Å². The summed E-state index contributed by atoms with van der Waals surface area (Å²) < 4.78 is 0. The summed E-state index contributed by atoms with van der Waals surface area (Å²) in [5.41, 5.74) is 0.438. The first-order valence-corrected chi connectivity index (χ1v) is 5.67. The second kappa shape index (κ2) is 5.64. The molecule has 0 bridgehead atoms. The Balaban J connectivity index is 4.03. The smallest absolute Gasteiger partial charge is 0.00106 e. The maximum atomic E-state index is 3.53. The molecule has 0 aliphatic rings. The van der Waals surface area contributed by atoms with Gasteiger partial charge in [-0.1, -0.05) is 54.4 Å². The van der Waals surface area contributed by atoms with Crippen molar-refractivity contribution in [1.29, 1.82) is 0 Å². The quantitative estimate of drug-likeness (QED) is 0.668. The Morgan fingerprint density at radius 3 is 1.85 bits per heavy atom. The molecule has 0 radical (unpaired) electrons. The fourth-order valence-corrected chi connectivity index (χ4v) is 2.01. The molecular weight excluding hydrogens is 158 g/mol. The minimum atomic E-state index is 0.438.